The fourth-order valence-electron chi connectivity index (χ4n) is 1.53. The first kappa shape index (κ1) is 14.4. The molecule has 2 amide bonds. The number of hydrogen-bond acceptors (Lipinski definition) is 4. The second kappa shape index (κ2) is 7.66. The summed E-state index contributed by atoms with van der Waals surface area (Å²) < 4.78 is 0.439. The summed E-state index contributed by atoms with van der Waals surface area (Å²) in [6.07, 6.45) is 5.97. The van der Waals surface area contributed by atoms with Crippen LogP contribution in [0.3, 0.4) is 0 Å². The predicted molar refractivity (Wildman–Crippen MR) is 73.4 cm³/mol. The minimum Gasteiger partial charge on any atom is -0.273 e. The fraction of sp³-hybridized carbons (Fsp3) is 0.727. The molecule has 0 aliphatic carbocycles. The van der Waals surface area contributed by atoms with Gasteiger partial charge < -0.3 is 0 Å². The first-order valence-corrected chi connectivity index (χ1v) is 7.33. The van der Waals surface area contributed by atoms with Crippen molar-refractivity contribution in [2.75, 3.05) is 5.75 Å². The van der Waals surface area contributed by atoms with Gasteiger partial charge in [0.1, 0.15) is 0 Å². The number of unbranched alkanes of at least 4 members (excludes halogenated alkanes) is 4. The molecule has 4 nitrogen and oxygen atoms in total. The molecule has 1 heterocycles. The van der Waals surface area contributed by atoms with Crippen LogP contribution in [0, 0.1) is 0 Å². The smallest absolute Gasteiger partial charge is 0.257 e. The number of nitrogens with zero attached hydrogens (tertiary/aromatic N) is 1. The van der Waals surface area contributed by atoms with Gasteiger partial charge in [0.2, 0.25) is 5.91 Å². The van der Waals surface area contributed by atoms with Crippen LogP contribution in [0.4, 0.5) is 0 Å². The standard InChI is InChI=1S/C11H18N2O2S2/c1-2-3-4-5-6-7-9(14)12-13-10(15)8-17-11(13)16/h2-8H2,1H3,(H,12,14). The molecule has 0 saturated carbocycles. The number of thioether (sulfide) groups is 1. The first-order valence-electron chi connectivity index (χ1n) is 5.94. The Labute approximate surface area is 111 Å². The van der Waals surface area contributed by atoms with Gasteiger partial charge in [-0.1, -0.05) is 56.6 Å². The molecule has 1 aliphatic rings. The van der Waals surface area contributed by atoms with Gasteiger partial charge in [0.15, 0.2) is 4.32 Å². The average Bonchev–Trinajstić information content (AvgIpc) is 2.60. The van der Waals surface area contributed by atoms with Crippen molar-refractivity contribution in [3.8, 4) is 0 Å². The van der Waals surface area contributed by atoms with E-state index in [-0.39, 0.29) is 11.8 Å². The van der Waals surface area contributed by atoms with Gasteiger partial charge in [0, 0.05) is 6.42 Å². The highest BCUT2D eigenvalue weighted by atomic mass is 32.2. The van der Waals surface area contributed by atoms with Crippen molar-refractivity contribution in [2.24, 2.45) is 0 Å². The molecule has 0 aromatic rings. The first-order chi connectivity index (χ1) is 8.15. The van der Waals surface area contributed by atoms with E-state index in [0.717, 1.165) is 12.8 Å². The number of carbonyl (C=O) groups excluding carboxylic acids is 2. The quantitative estimate of drug-likeness (QED) is 0.571. The second-order valence-corrected chi connectivity index (χ2v) is 5.59. The van der Waals surface area contributed by atoms with Gasteiger partial charge in [-0.15, -0.1) is 0 Å². The van der Waals surface area contributed by atoms with Crippen molar-refractivity contribution in [3.63, 3.8) is 0 Å². The molecular weight excluding hydrogens is 256 g/mol. The number of nitrogens with one attached hydrogen (secondary N) is 1. The molecule has 0 atom stereocenters. The fourth-order valence-corrected chi connectivity index (χ4v) is 2.51. The number of amides is 2. The van der Waals surface area contributed by atoms with E-state index >= 15 is 0 Å². The van der Waals surface area contributed by atoms with Gasteiger partial charge in [-0.25, -0.2) is 5.01 Å². The maximum Gasteiger partial charge on any atom is 0.257 e. The minimum absolute atomic E-state index is 0.125. The molecule has 1 rings (SSSR count). The third-order valence-electron chi connectivity index (χ3n) is 2.49. The molecule has 17 heavy (non-hydrogen) atoms. The highest BCUT2D eigenvalue weighted by Gasteiger charge is 2.27. The third kappa shape index (κ3) is 5.04. The Kier molecular flexibility index (Phi) is 6.50. The molecule has 0 aromatic carbocycles. The maximum atomic E-state index is 11.5. The number of hydrazine groups is 1. The summed E-state index contributed by atoms with van der Waals surface area (Å²) in [6.45, 7) is 2.16. The number of thiocarbonyl (C=S) groups is 1. The summed E-state index contributed by atoms with van der Waals surface area (Å²) in [5.74, 6) is 0.0642. The normalized spacial score (nSPS) is 15.5. The molecule has 1 saturated heterocycles. The highest BCUT2D eigenvalue weighted by Crippen LogP contribution is 2.17. The lowest BCUT2D eigenvalue weighted by Gasteiger charge is -2.15. The highest BCUT2D eigenvalue weighted by molar-refractivity contribution is 8.23. The molecule has 0 radical (unpaired) electrons. The maximum absolute atomic E-state index is 11.5. The van der Waals surface area contributed by atoms with Crippen LogP contribution in [-0.2, 0) is 9.59 Å². The van der Waals surface area contributed by atoms with E-state index in [1.54, 1.807) is 0 Å². The Morgan fingerprint density at radius 2 is 2.12 bits per heavy atom. The molecule has 0 spiro atoms. The summed E-state index contributed by atoms with van der Waals surface area (Å²) in [4.78, 5) is 22.9. The van der Waals surface area contributed by atoms with Gasteiger partial charge in [-0.2, -0.15) is 0 Å². The zero-order chi connectivity index (χ0) is 12.7. The molecule has 0 bridgehead atoms. The van der Waals surface area contributed by atoms with Crippen LogP contribution in [-0.4, -0.2) is 26.9 Å². The summed E-state index contributed by atoms with van der Waals surface area (Å²) >= 11 is 6.24. The zero-order valence-corrected chi connectivity index (χ0v) is 11.7. The van der Waals surface area contributed by atoms with Crippen molar-refractivity contribution in [2.45, 2.75) is 45.4 Å². The van der Waals surface area contributed by atoms with Gasteiger partial charge in [-0.3, -0.25) is 15.0 Å². The molecule has 96 valence electrons. The largest absolute Gasteiger partial charge is 0.273 e. The van der Waals surface area contributed by atoms with E-state index in [9.17, 15) is 9.59 Å². The molecule has 0 aromatic heterocycles. The Bertz CT molecular complexity index is 292. The van der Waals surface area contributed by atoms with Crippen LogP contribution in [0.15, 0.2) is 0 Å². The Hall–Kier alpha value is -0.620. The van der Waals surface area contributed by atoms with Crippen LogP contribution in [0.2, 0.25) is 0 Å². The summed E-state index contributed by atoms with van der Waals surface area (Å²) in [6, 6.07) is 0. The average molecular weight is 274 g/mol. The van der Waals surface area contributed by atoms with E-state index < -0.39 is 0 Å². The molecule has 1 N–H and O–H groups in total. The predicted octanol–water partition coefficient (Wildman–Crippen LogP) is 2.24. The van der Waals surface area contributed by atoms with E-state index in [1.165, 1.54) is 36.0 Å². The van der Waals surface area contributed by atoms with Crippen LogP contribution >= 0.6 is 24.0 Å². The Morgan fingerprint density at radius 1 is 1.41 bits per heavy atom. The van der Waals surface area contributed by atoms with Crippen LogP contribution in [0.1, 0.15) is 45.4 Å². The Morgan fingerprint density at radius 3 is 2.71 bits per heavy atom. The summed E-state index contributed by atoms with van der Waals surface area (Å²) in [5, 5.41) is 1.19. The Balaban J connectivity index is 2.16. The summed E-state index contributed by atoms with van der Waals surface area (Å²) in [5.41, 5.74) is 2.55. The SMILES string of the molecule is CCCCCCCC(=O)NN1C(=O)CSC1=S. The number of rotatable bonds is 7. The number of carbonyl (C=O) groups is 2. The lowest BCUT2D eigenvalue weighted by atomic mass is 10.1. The van der Waals surface area contributed by atoms with Gasteiger partial charge in [0.05, 0.1) is 5.75 Å². The monoisotopic (exact) mass is 274 g/mol. The molecule has 1 aliphatic heterocycles. The van der Waals surface area contributed by atoms with Crippen molar-refractivity contribution < 1.29 is 9.59 Å². The van der Waals surface area contributed by atoms with E-state index in [2.05, 4.69) is 12.3 Å². The third-order valence-corrected chi connectivity index (χ3v) is 3.85. The molecule has 1 fully saturated rings. The van der Waals surface area contributed by atoms with E-state index in [1.807, 2.05) is 0 Å². The van der Waals surface area contributed by atoms with Crippen LogP contribution < -0.4 is 5.43 Å². The van der Waals surface area contributed by atoms with E-state index in [4.69, 9.17) is 12.2 Å². The summed E-state index contributed by atoms with van der Waals surface area (Å²) in [7, 11) is 0. The minimum atomic E-state index is -0.140. The van der Waals surface area contributed by atoms with Crippen molar-refractivity contribution in [3.05, 3.63) is 0 Å². The van der Waals surface area contributed by atoms with Crippen LogP contribution in [0.25, 0.3) is 0 Å². The van der Waals surface area contributed by atoms with E-state index in [0.29, 0.717) is 16.5 Å². The number of hydrogen-bond donors (Lipinski definition) is 1. The lowest BCUT2D eigenvalue weighted by molar-refractivity contribution is -0.134. The van der Waals surface area contributed by atoms with Crippen LogP contribution in [0.5, 0.6) is 0 Å². The van der Waals surface area contributed by atoms with Crippen molar-refractivity contribution in [1.82, 2.24) is 10.4 Å². The van der Waals surface area contributed by atoms with Gasteiger partial charge >= 0.3 is 0 Å². The van der Waals surface area contributed by atoms with Crippen molar-refractivity contribution in [1.29, 1.82) is 0 Å². The second-order valence-electron chi connectivity index (χ2n) is 3.98. The molecule has 0 unspecified atom stereocenters. The molecular formula is C11H18N2O2S2. The van der Waals surface area contributed by atoms with Gasteiger partial charge in [-0.05, 0) is 6.42 Å². The van der Waals surface area contributed by atoms with Gasteiger partial charge in [0.25, 0.3) is 5.91 Å². The topological polar surface area (TPSA) is 49.4 Å². The zero-order valence-electron chi connectivity index (χ0n) is 10.0. The lowest BCUT2D eigenvalue weighted by Crippen LogP contribution is -2.44. The molecule has 6 heteroatoms. The van der Waals surface area contributed by atoms with Crippen molar-refractivity contribution >= 4 is 40.1 Å².